The molecule has 0 unspecified atom stereocenters. The van der Waals surface area contributed by atoms with Gasteiger partial charge >= 0.3 is 0 Å². The summed E-state index contributed by atoms with van der Waals surface area (Å²) in [6, 6.07) is 20.2. The van der Waals surface area contributed by atoms with Gasteiger partial charge in [0.05, 0.1) is 34.0 Å². The molecule has 3 aromatic rings. The predicted octanol–water partition coefficient (Wildman–Crippen LogP) is 3.80. The zero-order valence-corrected chi connectivity index (χ0v) is 19.8. The van der Waals surface area contributed by atoms with Gasteiger partial charge in [0, 0.05) is 5.56 Å². The second-order valence-corrected chi connectivity index (χ2v) is 7.95. The van der Waals surface area contributed by atoms with Crippen molar-refractivity contribution in [1.29, 1.82) is 0 Å². The zero-order valence-electron chi connectivity index (χ0n) is 19.8. The highest BCUT2D eigenvalue weighted by Crippen LogP contribution is 2.36. The van der Waals surface area contributed by atoms with Crippen LogP contribution in [0.2, 0.25) is 0 Å². The topological polar surface area (TPSA) is 95.8 Å². The van der Waals surface area contributed by atoms with Gasteiger partial charge in [0.2, 0.25) is 0 Å². The van der Waals surface area contributed by atoms with E-state index in [1.54, 1.807) is 36.4 Å². The fourth-order valence-corrected chi connectivity index (χ4v) is 3.78. The summed E-state index contributed by atoms with van der Waals surface area (Å²) in [6.45, 7) is 1.02. The van der Waals surface area contributed by atoms with Gasteiger partial charge in [-0.25, -0.2) is 0 Å². The third-order valence-electron chi connectivity index (χ3n) is 5.66. The van der Waals surface area contributed by atoms with E-state index in [9.17, 15) is 10.2 Å². The maximum atomic E-state index is 11.0. The molecule has 35 heavy (non-hydrogen) atoms. The molecule has 0 radical (unpaired) electrons. The van der Waals surface area contributed by atoms with E-state index >= 15 is 0 Å². The second-order valence-electron chi connectivity index (χ2n) is 7.95. The fourth-order valence-electron chi connectivity index (χ4n) is 3.78. The van der Waals surface area contributed by atoms with Crippen molar-refractivity contribution in [1.82, 2.24) is 0 Å². The molecule has 1 fully saturated rings. The van der Waals surface area contributed by atoms with Gasteiger partial charge in [-0.15, -0.1) is 0 Å². The molecule has 0 aliphatic carbocycles. The fraction of sp³-hybridized carbons (Fsp3) is 0.333. The predicted molar refractivity (Wildman–Crippen MR) is 128 cm³/mol. The van der Waals surface area contributed by atoms with Crippen molar-refractivity contribution in [2.75, 3.05) is 34.0 Å². The Bertz CT molecular complexity index is 1080. The maximum absolute atomic E-state index is 11.0. The minimum atomic E-state index is -1.14. The quantitative estimate of drug-likeness (QED) is 0.426. The van der Waals surface area contributed by atoms with Crippen LogP contribution in [0.4, 0.5) is 0 Å². The third-order valence-corrected chi connectivity index (χ3v) is 5.66. The molecule has 0 saturated carbocycles. The average Bonchev–Trinajstić information content (AvgIpc) is 3.46. The minimum absolute atomic E-state index is 0.377. The van der Waals surface area contributed by atoms with Gasteiger partial charge in [-0.2, -0.15) is 0 Å². The average molecular weight is 483 g/mol. The van der Waals surface area contributed by atoms with Crippen molar-refractivity contribution in [3.8, 4) is 23.0 Å². The lowest BCUT2D eigenvalue weighted by Gasteiger charge is -2.25. The molecular formula is C27H30O8. The summed E-state index contributed by atoms with van der Waals surface area (Å²) in [5.74, 6) is 1.83. The van der Waals surface area contributed by atoms with Crippen LogP contribution in [0, 0.1) is 0 Å². The van der Waals surface area contributed by atoms with Crippen LogP contribution >= 0.6 is 0 Å². The van der Waals surface area contributed by atoms with E-state index in [2.05, 4.69) is 0 Å². The Morgan fingerprint density at radius 2 is 1.54 bits per heavy atom. The van der Waals surface area contributed by atoms with Crippen LogP contribution in [0.25, 0.3) is 0 Å². The van der Waals surface area contributed by atoms with Gasteiger partial charge in [-0.05, 0) is 35.4 Å². The number of aliphatic hydroxyl groups is 2. The van der Waals surface area contributed by atoms with Crippen LogP contribution < -0.4 is 18.9 Å². The van der Waals surface area contributed by atoms with E-state index in [4.69, 9.17) is 28.4 Å². The molecule has 0 spiro atoms. The van der Waals surface area contributed by atoms with E-state index < -0.39 is 25.1 Å². The van der Waals surface area contributed by atoms with Crippen molar-refractivity contribution >= 4 is 0 Å². The molecule has 2 atom stereocenters. The van der Waals surface area contributed by atoms with Gasteiger partial charge in [0.15, 0.2) is 35.4 Å². The molecule has 2 N–H and O–H groups in total. The van der Waals surface area contributed by atoms with Gasteiger partial charge in [0.1, 0.15) is 12.7 Å². The first-order chi connectivity index (χ1) is 17.1. The van der Waals surface area contributed by atoms with Crippen molar-refractivity contribution < 1.29 is 38.6 Å². The molecule has 1 saturated heterocycles. The summed E-state index contributed by atoms with van der Waals surface area (Å²) in [5.41, 5.74) is 2.33. The summed E-state index contributed by atoms with van der Waals surface area (Å²) >= 11 is 0. The number of methoxy groups -OCH3 is 2. The summed E-state index contributed by atoms with van der Waals surface area (Å²) in [7, 11) is 3.05. The lowest BCUT2D eigenvalue weighted by Crippen LogP contribution is -2.29. The lowest BCUT2D eigenvalue weighted by atomic mass is 10.0. The first-order valence-electron chi connectivity index (χ1n) is 11.3. The van der Waals surface area contributed by atoms with Crippen LogP contribution in [0.3, 0.4) is 0 Å². The Balaban J connectivity index is 1.47. The monoisotopic (exact) mass is 482 g/mol. The first-order valence-corrected chi connectivity index (χ1v) is 11.3. The zero-order chi connectivity index (χ0) is 24.6. The van der Waals surface area contributed by atoms with Crippen molar-refractivity contribution in [3.63, 3.8) is 0 Å². The van der Waals surface area contributed by atoms with E-state index in [1.807, 2.05) is 30.3 Å². The van der Waals surface area contributed by atoms with Crippen molar-refractivity contribution in [2.45, 2.75) is 25.1 Å². The molecule has 1 aliphatic rings. The summed E-state index contributed by atoms with van der Waals surface area (Å²) in [6.07, 6.45) is -2.54. The largest absolute Gasteiger partial charge is 0.493 e. The highest BCUT2D eigenvalue weighted by Gasteiger charge is 2.26. The number of rotatable bonds is 11. The van der Waals surface area contributed by atoms with Gasteiger partial charge in [-0.3, -0.25) is 0 Å². The molecule has 8 nitrogen and oxygen atoms in total. The second kappa shape index (κ2) is 11.9. The molecule has 0 bridgehead atoms. The Hall–Kier alpha value is -3.30. The molecule has 3 aromatic carbocycles. The van der Waals surface area contributed by atoms with Gasteiger partial charge < -0.3 is 38.6 Å². The van der Waals surface area contributed by atoms with Crippen LogP contribution in [0.1, 0.15) is 29.1 Å². The third kappa shape index (κ3) is 6.04. The Kier molecular flexibility index (Phi) is 8.44. The van der Waals surface area contributed by atoms with Crippen LogP contribution in [0.5, 0.6) is 23.0 Å². The van der Waals surface area contributed by atoms with E-state index in [1.165, 1.54) is 14.2 Å². The maximum Gasteiger partial charge on any atom is 0.184 e. The van der Waals surface area contributed by atoms with Crippen LogP contribution in [-0.2, 0) is 16.1 Å². The molecule has 1 aliphatic heterocycles. The molecule has 0 amide bonds. The van der Waals surface area contributed by atoms with Crippen molar-refractivity contribution in [2.24, 2.45) is 0 Å². The number of hydrogen-bond donors (Lipinski definition) is 2. The first kappa shape index (κ1) is 24.8. The number of benzene rings is 3. The molecular weight excluding hydrogens is 452 g/mol. The molecule has 8 heteroatoms. The molecule has 186 valence electrons. The summed E-state index contributed by atoms with van der Waals surface area (Å²) in [4.78, 5) is 0. The number of ether oxygens (including phenoxy) is 6. The Morgan fingerprint density at radius 1 is 0.857 bits per heavy atom. The number of aliphatic hydroxyl groups excluding tert-OH is 2. The van der Waals surface area contributed by atoms with E-state index in [0.717, 1.165) is 11.1 Å². The smallest absolute Gasteiger partial charge is 0.184 e. The van der Waals surface area contributed by atoms with Gasteiger partial charge in [-0.1, -0.05) is 42.5 Å². The van der Waals surface area contributed by atoms with E-state index in [0.29, 0.717) is 48.4 Å². The highest BCUT2D eigenvalue weighted by atomic mass is 16.7. The minimum Gasteiger partial charge on any atom is -0.493 e. The molecule has 0 aromatic heterocycles. The Morgan fingerprint density at radius 3 is 2.23 bits per heavy atom. The standard InChI is InChI=1S/C27H30O8/c1-30-23-14-19(8-10-21(23)34-17-18-6-4-3-5-7-18)26(29)25(16-28)35-22-11-9-20(15-24(22)31-2)27-32-12-13-33-27/h3-11,14-15,25-29H,12-13,16-17H2,1-2H3/t25-,26+/m1/s1. The van der Waals surface area contributed by atoms with Gasteiger partial charge in [0.25, 0.3) is 0 Å². The Labute approximate surface area is 204 Å². The summed E-state index contributed by atoms with van der Waals surface area (Å²) in [5, 5.41) is 21.0. The SMILES string of the molecule is COc1cc([C@H](O)[C@@H](CO)Oc2ccc(C3OCCO3)cc2OC)ccc1OCc1ccccc1. The molecule has 4 rings (SSSR count). The lowest BCUT2D eigenvalue weighted by molar-refractivity contribution is -0.0443. The van der Waals surface area contributed by atoms with E-state index in [-0.39, 0.29) is 0 Å². The van der Waals surface area contributed by atoms with Crippen LogP contribution in [0.15, 0.2) is 66.7 Å². The summed E-state index contributed by atoms with van der Waals surface area (Å²) < 4.78 is 33.8. The number of hydrogen-bond acceptors (Lipinski definition) is 8. The molecule has 1 heterocycles. The van der Waals surface area contributed by atoms with Crippen molar-refractivity contribution in [3.05, 3.63) is 83.4 Å². The normalized spacial score (nSPS) is 15.4. The van der Waals surface area contributed by atoms with Crippen LogP contribution in [-0.4, -0.2) is 50.4 Å². The highest BCUT2D eigenvalue weighted by molar-refractivity contribution is 5.45.